The van der Waals surface area contributed by atoms with Gasteiger partial charge in [-0.2, -0.15) is 0 Å². The first-order chi connectivity index (χ1) is 18.1. The van der Waals surface area contributed by atoms with Crippen LogP contribution in [0, 0.1) is 12.7 Å². The van der Waals surface area contributed by atoms with E-state index in [0.29, 0.717) is 27.8 Å². The lowest BCUT2D eigenvalue weighted by molar-refractivity contribution is 0.0687. The number of hydrogen-bond acceptors (Lipinski definition) is 5. The fraction of sp³-hybridized carbons (Fsp3) is 0.194. The van der Waals surface area contributed by atoms with E-state index in [1.54, 1.807) is 32.3 Å². The van der Waals surface area contributed by atoms with Gasteiger partial charge < -0.3 is 10.4 Å². The van der Waals surface area contributed by atoms with Crippen molar-refractivity contribution < 1.29 is 9.50 Å². The molecule has 2 N–H and O–H groups in total. The van der Waals surface area contributed by atoms with Crippen molar-refractivity contribution in [3.63, 3.8) is 0 Å². The number of halogens is 2. The molecule has 5 nitrogen and oxygen atoms in total. The minimum Gasteiger partial charge on any atom is -0.382 e. The monoisotopic (exact) mass is 526 g/mol. The molecule has 3 aromatic carbocycles. The summed E-state index contributed by atoms with van der Waals surface area (Å²) in [4.78, 5) is 13.3. The Labute approximate surface area is 226 Å². The molecule has 2 heterocycles. The molecule has 0 fully saturated rings. The molecule has 0 saturated heterocycles. The maximum atomic E-state index is 15.0. The number of benzene rings is 3. The van der Waals surface area contributed by atoms with Crippen LogP contribution in [0.3, 0.4) is 0 Å². The van der Waals surface area contributed by atoms with Crippen LogP contribution in [0.15, 0.2) is 79.1 Å². The fourth-order valence-corrected chi connectivity index (χ4v) is 4.66. The molecule has 0 amide bonds. The van der Waals surface area contributed by atoms with Crippen LogP contribution >= 0.6 is 11.6 Å². The molecule has 2 aromatic heterocycles. The number of hydrogen-bond donors (Lipinski definition) is 2. The summed E-state index contributed by atoms with van der Waals surface area (Å²) in [6.07, 6.45) is 3.37. The summed E-state index contributed by atoms with van der Waals surface area (Å²) in [5.41, 5.74) is 5.15. The molecule has 0 saturated carbocycles. The normalized spacial score (nSPS) is 12.5. The van der Waals surface area contributed by atoms with Crippen LogP contribution in [0.1, 0.15) is 43.9 Å². The molecule has 192 valence electrons. The number of pyridine rings is 1. The molecule has 7 heteroatoms. The average molecular weight is 527 g/mol. The van der Waals surface area contributed by atoms with Gasteiger partial charge in [-0.15, -0.1) is 0 Å². The first-order valence-electron chi connectivity index (χ1n) is 12.4. The van der Waals surface area contributed by atoms with Gasteiger partial charge in [-0.25, -0.2) is 14.4 Å². The van der Waals surface area contributed by atoms with Gasteiger partial charge in [0.25, 0.3) is 0 Å². The summed E-state index contributed by atoms with van der Waals surface area (Å²) in [6.45, 7) is 7.06. The molecule has 0 bridgehead atoms. The first kappa shape index (κ1) is 25.8. The second kappa shape index (κ2) is 10.1. The van der Waals surface area contributed by atoms with Crippen LogP contribution in [-0.2, 0) is 5.60 Å². The predicted molar refractivity (Wildman–Crippen MR) is 152 cm³/mol. The summed E-state index contributed by atoms with van der Waals surface area (Å²) in [5, 5.41) is 14.9. The second-order valence-electron chi connectivity index (χ2n) is 9.94. The van der Waals surface area contributed by atoms with E-state index in [0.717, 1.165) is 33.2 Å². The smallest absolute Gasteiger partial charge is 0.159 e. The van der Waals surface area contributed by atoms with Crippen LogP contribution < -0.4 is 5.32 Å². The topological polar surface area (TPSA) is 70.9 Å². The van der Waals surface area contributed by atoms with E-state index in [4.69, 9.17) is 11.6 Å². The Hall–Kier alpha value is -3.87. The number of anilines is 1. The number of aliphatic hydroxyl groups is 1. The Bertz CT molecular complexity index is 1620. The molecule has 38 heavy (non-hydrogen) atoms. The number of rotatable bonds is 6. The lowest BCUT2D eigenvalue weighted by Gasteiger charge is -2.21. The van der Waals surface area contributed by atoms with Crippen molar-refractivity contribution in [2.45, 2.75) is 39.3 Å². The van der Waals surface area contributed by atoms with Crippen molar-refractivity contribution in [3.8, 4) is 22.3 Å². The Kier molecular flexibility index (Phi) is 6.86. The van der Waals surface area contributed by atoms with Gasteiger partial charge in [0, 0.05) is 28.9 Å². The van der Waals surface area contributed by atoms with Crippen molar-refractivity contribution in [1.82, 2.24) is 15.0 Å². The number of fused-ring (bicyclic) bond motifs is 1. The summed E-state index contributed by atoms with van der Waals surface area (Å²) in [6, 6.07) is 20.5. The van der Waals surface area contributed by atoms with Crippen molar-refractivity contribution in [2.24, 2.45) is 0 Å². The Morgan fingerprint density at radius 3 is 2.24 bits per heavy atom. The molecule has 0 aliphatic rings. The van der Waals surface area contributed by atoms with Gasteiger partial charge in [-0.05, 0) is 68.7 Å². The molecule has 1 unspecified atom stereocenters. The summed E-state index contributed by atoms with van der Waals surface area (Å²) in [7, 11) is 0. The van der Waals surface area contributed by atoms with Gasteiger partial charge in [0.15, 0.2) is 5.82 Å². The second-order valence-corrected chi connectivity index (χ2v) is 10.3. The van der Waals surface area contributed by atoms with Gasteiger partial charge in [-0.3, -0.25) is 4.98 Å². The molecule has 0 spiro atoms. The van der Waals surface area contributed by atoms with E-state index in [2.05, 4.69) is 20.3 Å². The molecule has 0 radical (unpaired) electrons. The van der Waals surface area contributed by atoms with Crippen molar-refractivity contribution >= 4 is 28.2 Å². The molecular formula is C31H28ClFN4O. The van der Waals surface area contributed by atoms with Gasteiger partial charge in [-0.1, -0.05) is 54.1 Å². The van der Waals surface area contributed by atoms with Crippen LogP contribution in [0.5, 0.6) is 0 Å². The van der Waals surface area contributed by atoms with Gasteiger partial charge in [0.1, 0.15) is 11.4 Å². The molecular weight excluding hydrogens is 499 g/mol. The summed E-state index contributed by atoms with van der Waals surface area (Å²) in [5.74, 6) is 0.0546. The van der Waals surface area contributed by atoms with Crippen molar-refractivity contribution in [2.75, 3.05) is 5.32 Å². The summed E-state index contributed by atoms with van der Waals surface area (Å²) < 4.78 is 15.0. The van der Waals surface area contributed by atoms with Crippen LogP contribution in [0.25, 0.3) is 33.2 Å². The number of nitrogens with zero attached hydrogens (tertiary/aromatic N) is 3. The third-order valence-electron chi connectivity index (χ3n) is 6.55. The van der Waals surface area contributed by atoms with Crippen LogP contribution in [0.4, 0.5) is 10.1 Å². The zero-order chi connectivity index (χ0) is 27.0. The van der Waals surface area contributed by atoms with Crippen LogP contribution in [0.2, 0.25) is 5.02 Å². The number of nitrogens with one attached hydrogen (secondary N) is 1. The van der Waals surface area contributed by atoms with Crippen molar-refractivity contribution in [3.05, 3.63) is 107 Å². The molecule has 0 aliphatic carbocycles. The highest BCUT2D eigenvalue weighted by Crippen LogP contribution is 2.38. The Morgan fingerprint density at radius 2 is 1.55 bits per heavy atom. The van der Waals surface area contributed by atoms with E-state index in [-0.39, 0.29) is 11.9 Å². The molecule has 5 aromatic rings. The highest BCUT2D eigenvalue weighted by molar-refractivity contribution is 6.35. The quantitative estimate of drug-likeness (QED) is 0.235. The standard InChI is InChI=1S/C31H28ClFN4O/c1-18(24-14-21(10-12-26(24)33)20-8-6-5-7-9-20)37-29-25-15-22(11-13-27(25)36-19(2)28(29)32)23-16-34-30(35-17-23)31(3,4)38/h5-18,38H,1-4H3,(H,36,37). The Morgan fingerprint density at radius 1 is 0.895 bits per heavy atom. The Balaban J connectivity index is 1.54. The lowest BCUT2D eigenvalue weighted by Crippen LogP contribution is -2.19. The lowest BCUT2D eigenvalue weighted by atomic mass is 9.99. The SMILES string of the molecule is Cc1nc2ccc(-c3cnc(C(C)(C)O)nc3)cc2c(NC(C)c2cc(-c3ccccc3)ccc2F)c1Cl. The minimum absolute atomic E-state index is 0.291. The van der Waals surface area contributed by atoms with Crippen molar-refractivity contribution in [1.29, 1.82) is 0 Å². The largest absolute Gasteiger partial charge is 0.382 e. The predicted octanol–water partition coefficient (Wildman–Crippen LogP) is 7.86. The maximum absolute atomic E-state index is 15.0. The summed E-state index contributed by atoms with van der Waals surface area (Å²) >= 11 is 6.77. The molecule has 1 atom stereocenters. The van der Waals surface area contributed by atoms with E-state index in [9.17, 15) is 5.11 Å². The van der Waals surface area contributed by atoms with E-state index in [1.165, 1.54) is 6.07 Å². The molecule has 5 rings (SSSR count). The number of aromatic nitrogens is 3. The maximum Gasteiger partial charge on any atom is 0.159 e. The van der Waals surface area contributed by atoms with Crippen LogP contribution in [-0.4, -0.2) is 20.1 Å². The van der Waals surface area contributed by atoms with E-state index >= 15 is 4.39 Å². The third-order valence-corrected chi connectivity index (χ3v) is 7.02. The zero-order valence-electron chi connectivity index (χ0n) is 21.6. The fourth-order valence-electron chi connectivity index (χ4n) is 4.46. The third kappa shape index (κ3) is 5.10. The zero-order valence-corrected chi connectivity index (χ0v) is 22.4. The highest BCUT2D eigenvalue weighted by atomic mass is 35.5. The van der Waals surface area contributed by atoms with Gasteiger partial charge in [0.2, 0.25) is 0 Å². The minimum atomic E-state index is -1.13. The highest BCUT2D eigenvalue weighted by Gasteiger charge is 2.20. The molecule has 0 aliphatic heterocycles. The number of aryl methyl sites for hydroxylation is 1. The van der Waals surface area contributed by atoms with Gasteiger partial charge >= 0.3 is 0 Å². The first-order valence-corrected chi connectivity index (χ1v) is 12.8. The van der Waals surface area contributed by atoms with E-state index < -0.39 is 5.60 Å². The van der Waals surface area contributed by atoms with E-state index in [1.807, 2.05) is 68.4 Å². The average Bonchev–Trinajstić information content (AvgIpc) is 2.91. The van der Waals surface area contributed by atoms with Gasteiger partial charge in [0.05, 0.1) is 28.0 Å².